The van der Waals surface area contributed by atoms with E-state index in [0.29, 0.717) is 17.2 Å². The van der Waals surface area contributed by atoms with E-state index in [-0.39, 0.29) is 24.2 Å². The number of aryl methyl sites for hydroxylation is 2. The Hall–Kier alpha value is -2.62. The lowest BCUT2D eigenvalue weighted by Crippen LogP contribution is -2.00. The highest BCUT2D eigenvalue weighted by molar-refractivity contribution is 5.67. The van der Waals surface area contributed by atoms with Gasteiger partial charge in [-0.15, -0.1) is 0 Å². The quantitative estimate of drug-likeness (QED) is 0.821. The number of nitrogens with zero attached hydrogens (tertiary/aromatic N) is 4. The van der Waals surface area contributed by atoms with Gasteiger partial charge in [-0.3, -0.25) is 4.79 Å². The molecule has 0 saturated heterocycles. The molecule has 2 aromatic heterocycles. The van der Waals surface area contributed by atoms with Crippen LogP contribution in [0.1, 0.15) is 23.5 Å². The number of pyridine rings is 1. The predicted molar refractivity (Wildman–Crippen MR) is 60.1 cm³/mol. The number of nitriles is 1. The number of carboxylic acids is 1. The van der Waals surface area contributed by atoms with E-state index in [1.807, 2.05) is 6.07 Å². The molecule has 2 N–H and O–H groups in total. The highest BCUT2D eigenvalue weighted by Gasteiger charge is 2.13. The molecule has 92 valence electrons. The monoisotopic (exact) mass is 246 g/mol. The van der Waals surface area contributed by atoms with E-state index in [2.05, 4.69) is 10.1 Å². The molecular weight excluding hydrogens is 236 g/mol. The zero-order valence-electron chi connectivity index (χ0n) is 9.58. The molecule has 0 bridgehead atoms. The van der Waals surface area contributed by atoms with Crippen LogP contribution in [0.3, 0.4) is 0 Å². The van der Waals surface area contributed by atoms with Gasteiger partial charge in [0.2, 0.25) is 0 Å². The minimum Gasteiger partial charge on any atom is -0.506 e. The Labute approximate surface area is 102 Å². The topological polar surface area (TPSA) is 112 Å². The number of hydrogen-bond donors (Lipinski definition) is 2. The first-order chi connectivity index (χ1) is 8.52. The first kappa shape index (κ1) is 11.9. The van der Waals surface area contributed by atoms with Crippen molar-refractivity contribution in [3.05, 3.63) is 23.1 Å². The van der Waals surface area contributed by atoms with Crippen LogP contribution in [-0.2, 0) is 11.2 Å². The summed E-state index contributed by atoms with van der Waals surface area (Å²) in [6.07, 6.45) is 0.145. The van der Waals surface area contributed by atoms with Crippen LogP contribution in [0.25, 0.3) is 5.65 Å². The van der Waals surface area contributed by atoms with E-state index in [9.17, 15) is 9.90 Å². The zero-order valence-corrected chi connectivity index (χ0v) is 9.58. The molecule has 0 aromatic carbocycles. The highest BCUT2D eigenvalue weighted by atomic mass is 16.4. The maximum atomic E-state index is 10.5. The Morgan fingerprint density at radius 1 is 1.61 bits per heavy atom. The minimum absolute atomic E-state index is 0.0625. The number of aliphatic carboxylic acids is 1. The van der Waals surface area contributed by atoms with Gasteiger partial charge in [0.05, 0.1) is 12.1 Å². The molecule has 0 amide bonds. The summed E-state index contributed by atoms with van der Waals surface area (Å²) >= 11 is 0. The Morgan fingerprint density at radius 3 is 2.94 bits per heavy atom. The van der Waals surface area contributed by atoms with Crippen LogP contribution in [0.2, 0.25) is 0 Å². The lowest BCUT2D eigenvalue weighted by molar-refractivity contribution is -0.137. The molecule has 0 aliphatic heterocycles. The third-order valence-corrected chi connectivity index (χ3v) is 2.55. The number of aromatic hydroxyl groups is 1. The molecule has 0 radical (unpaired) electrons. The molecule has 18 heavy (non-hydrogen) atoms. The first-order valence-corrected chi connectivity index (χ1v) is 5.23. The largest absolute Gasteiger partial charge is 0.506 e. The van der Waals surface area contributed by atoms with Gasteiger partial charge in [0.25, 0.3) is 0 Å². The number of carboxylic acid groups (broad SMARTS) is 1. The van der Waals surface area contributed by atoms with Crippen molar-refractivity contribution < 1.29 is 15.0 Å². The molecule has 0 saturated carbocycles. The normalized spacial score (nSPS) is 10.4. The average Bonchev–Trinajstić information content (AvgIpc) is 2.70. The SMILES string of the molecule is Cc1c(C#N)c(O)cc2nc(CCC(=O)O)nn12. The van der Waals surface area contributed by atoms with Crippen molar-refractivity contribution >= 4 is 11.6 Å². The van der Waals surface area contributed by atoms with Gasteiger partial charge < -0.3 is 10.2 Å². The molecule has 2 rings (SSSR count). The second-order valence-electron chi connectivity index (χ2n) is 3.79. The maximum Gasteiger partial charge on any atom is 0.303 e. The van der Waals surface area contributed by atoms with Crippen LogP contribution in [0.4, 0.5) is 0 Å². The molecule has 0 atom stereocenters. The molecule has 2 heterocycles. The standard InChI is InChI=1S/C11H10N4O3/c1-6-7(5-12)8(16)4-10-13-9(14-15(6)10)2-3-11(17)18/h4,16H,2-3H2,1H3,(H,17,18). The van der Waals surface area contributed by atoms with Gasteiger partial charge in [0, 0.05) is 12.5 Å². The van der Waals surface area contributed by atoms with Crippen molar-refractivity contribution in [3.63, 3.8) is 0 Å². The predicted octanol–water partition coefficient (Wildman–Crippen LogP) is 0.632. The van der Waals surface area contributed by atoms with Gasteiger partial charge >= 0.3 is 5.97 Å². The van der Waals surface area contributed by atoms with Gasteiger partial charge in [-0.1, -0.05) is 0 Å². The fraction of sp³-hybridized carbons (Fsp3) is 0.273. The van der Waals surface area contributed by atoms with Gasteiger partial charge in [0.1, 0.15) is 17.4 Å². The molecule has 0 unspecified atom stereocenters. The average molecular weight is 246 g/mol. The van der Waals surface area contributed by atoms with Gasteiger partial charge in [-0.2, -0.15) is 10.4 Å². The Morgan fingerprint density at radius 2 is 2.33 bits per heavy atom. The fourth-order valence-electron chi connectivity index (χ4n) is 1.66. The fourth-order valence-corrected chi connectivity index (χ4v) is 1.66. The van der Waals surface area contributed by atoms with Gasteiger partial charge in [0.15, 0.2) is 11.5 Å². The van der Waals surface area contributed by atoms with E-state index in [0.717, 1.165) is 0 Å². The Bertz CT molecular complexity index is 669. The van der Waals surface area contributed by atoms with E-state index >= 15 is 0 Å². The molecule has 2 aromatic rings. The van der Waals surface area contributed by atoms with Crippen molar-refractivity contribution in [1.29, 1.82) is 5.26 Å². The van der Waals surface area contributed by atoms with E-state index in [4.69, 9.17) is 10.4 Å². The second-order valence-corrected chi connectivity index (χ2v) is 3.79. The van der Waals surface area contributed by atoms with Crippen molar-refractivity contribution in [2.24, 2.45) is 0 Å². The van der Waals surface area contributed by atoms with Crippen molar-refractivity contribution in [3.8, 4) is 11.8 Å². The summed E-state index contributed by atoms with van der Waals surface area (Å²) in [5.74, 6) is -0.708. The Balaban J connectivity index is 2.49. The maximum absolute atomic E-state index is 10.5. The third-order valence-electron chi connectivity index (χ3n) is 2.55. The minimum atomic E-state index is -0.925. The molecule has 0 fully saturated rings. The Kier molecular flexibility index (Phi) is 2.85. The third kappa shape index (κ3) is 1.96. The van der Waals surface area contributed by atoms with E-state index < -0.39 is 5.97 Å². The lowest BCUT2D eigenvalue weighted by Gasteiger charge is -2.02. The van der Waals surface area contributed by atoms with Crippen molar-refractivity contribution in [2.75, 3.05) is 0 Å². The summed E-state index contributed by atoms with van der Waals surface area (Å²) in [4.78, 5) is 14.6. The van der Waals surface area contributed by atoms with E-state index in [1.165, 1.54) is 10.6 Å². The number of rotatable bonds is 3. The molecule has 0 spiro atoms. The van der Waals surface area contributed by atoms with Gasteiger partial charge in [-0.05, 0) is 6.92 Å². The number of aromatic nitrogens is 3. The van der Waals surface area contributed by atoms with Crippen LogP contribution in [0.5, 0.6) is 5.75 Å². The summed E-state index contributed by atoms with van der Waals surface area (Å²) < 4.78 is 1.43. The zero-order chi connectivity index (χ0) is 13.3. The van der Waals surface area contributed by atoms with Crippen LogP contribution in [0.15, 0.2) is 6.07 Å². The van der Waals surface area contributed by atoms with Crippen LogP contribution in [0, 0.1) is 18.3 Å². The number of carbonyl (C=O) groups is 1. The van der Waals surface area contributed by atoms with Crippen molar-refractivity contribution in [2.45, 2.75) is 19.8 Å². The van der Waals surface area contributed by atoms with Crippen molar-refractivity contribution in [1.82, 2.24) is 14.6 Å². The molecule has 0 aliphatic carbocycles. The van der Waals surface area contributed by atoms with Crippen LogP contribution >= 0.6 is 0 Å². The highest BCUT2D eigenvalue weighted by Crippen LogP contribution is 2.21. The summed E-state index contributed by atoms with van der Waals surface area (Å²) in [5.41, 5.74) is 1.00. The summed E-state index contributed by atoms with van der Waals surface area (Å²) in [6, 6.07) is 3.22. The summed E-state index contributed by atoms with van der Waals surface area (Å²) in [6.45, 7) is 1.64. The lowest BCUT2D eigenvalue weighted by atomic mass is 10.2. The van der Waals surface area contributed by atoms with Gasteiger partial charge in [-0.25, -0.2) is 9.50 Å². The molecule has 7 nitrogen and oxygen atoms in total. The molecule has 0 aliphatic rings. The van der Waals surface area contributed by atoms with Crippen LogP contribution < -0.4 is 0 Å². The summed E-state index contributed by atoms with van der Waals surface area (Å²) in [5, 5.41) is 31.2. The first-order valence-electron chi connectivity index (χ1n) is 5.23. The smallest absolute Gasteiger partial charge is 0.303 e. The number of hydrogen-bond acceptors (Lipinski definition) is 5. The molecular formula is C11H10N4O3. The summed E-state index contributed by atoms with van der Waals surface area (Å²) in [7, 11) is 0. The molecule has 7 heteroatoms. The number of fused-ring (bicyclic) bond motifs is 1. The second kappa shape index (κ2) is 4.33. The van der Waals surface area contributed by atoms with Crippen LogP contribution in [-0.4, -0.2) is 30.8 Å². The van der Waals surface area contributed by atoms with E-state index in [1.54, 1.807) is 6.92 Å².